The fourth-order valence-electron chi connectivity index (χ4n) is 2.10. The Kier molecular flexibility index (Phi) is 3.24. The predicted molar refractivity (Wildman–Crippen MR) is 52.7 cm³/mol. The molecule has 1 saturated heterocycles. The SMILES string of the molecule is O=C(NC1CCCCC1)N1CCCO1. The number of nitrogens with zero attached hydrogens (tertiary/aromatic N) is 1. The fraction of sp³-hybridized carbons (Fsp3) is 0.900. The maximum atomic E-state index is 11.6. The zero-order valence-corrected chi connectivity index (χ0v) is 8.50. The van der Waals surface area contributed by atoms with E-state index in [1.807, 2.05) is 0 Å². The third-order valence-corrected chi connectivity index (χ3v) is 2.91. The summed E-state index contributed by atoms with van der Waals surface area (Å²) in [7, 11) is 0. The number of hydrogen-bond acceptors (Lipinski definition) is 2. The smallest absolute Gasteiger partial charge is 0.333 e. The molecule has 80 valence electrons. The van der Waals surface area contributed by atoms with Crippen molar-refractivity contribution in [2.75, 3.05) is 13.2 Å². The lowest BCUT2D eigenvalue weighted by Crippen LogP contribution is -2.43. The van der Waals surface area contributed by atoms with Gasteiger partial charge >= 0.3 is 6.03 Å². The van der Waals surface area contributed by atoms with Crippen LogP contribution in [-0.4, -0.2) is 30.3 Å². The van der Waals surface area contributed by atoms with Crippen LogP contribution in [0.15, 0.2) is 0 Å². The summed E-state index contributed by atoms with van der Waals surface area (Å²) < 4.78 is 0. The molecule has 2 fully saturated rings. The molecular weight excluding hydrogens is 180 g/mol. The summed E-state index contributed by atoms with van der Waals surface area (Å²) in [6.45, 7) is 1.41. The van der Waals surface area contributed by atoms with Gasteiger partial charge in [-0.3, -0.25) is 4.84 Å². The lowest BCUT2D eigenvalue weighted by atomic mass is 9.96. The Hall–Kier alpha value is -0.770. The van der Waals surface area contributed by atoms with Gasteiger partial charge in [-0.2, -0.15) is 0 Å². The van der Waals surface area contributed by atoms with Gasteiger partial charge < -0.3 is 5.32 Å². The molecule has 0 unspecified atom stereocenters. The van der Waals surface area contributed by atoms with E-state index in [4.69, 9.17) is 4.84 Å². The van der Waals surface area contributed by atoms with E-state index in [-0.39, 0.29) is 6.03 Å². The van der Waals surface area contributed by atoms with E-state index in [0.717, 1.165) is 25.8 Å². The van der Waals surface area contributed by atoms with Gasteiger partial charge in [-0.1, -0.05) is 19.3 Å². The molecule has 0 spiro atoms. The lowest BCUT2D eigenvalue weighted by Gasteiger charge is -2.25. The lowest BCUT2D eigenvalue weighted by molar-refractivity contribution is -0.0672. The van der Waals surface area contributed by atoms with Crippen molar-refractivity contribution in [2.45, 2.75) is 44.6 Å². The van der Waals surface area contributed by atoms with E-state index in [1.54, 1.807) is 0 Å². The van der Waals surface area contributed by atoms with Crippen LogP contribution in [0.4, 0.5) is 4.79 Å². The van der Waals surface area contributed by atoms with Crippen LogP contribution >= 0.6 is 0 Å². The van der Waals surface area contributed by atoms with Crippen LogP contribution in [0.5, 0.6) is 0 Å². The minimum Gasteiger partial charge on any atom is -0.333 e. The van der Waals surface area contributed by atoms with Gasteiger partial charge in [-0.15, -0.1) is 0 Å². The van der Waals surface area contributed by atoms with Gasteiger partial charge in [0.1, 0.15) is 0 Å². The number of hydrogen-bond donors (Lipinski definition) is 1. The number of nitrogens with one attached hydrogen (secondary N) is 1. The maximum absolute atomic E-state index is 11.6. The van der Waals surface area contributed by atoms with Crippen molar-refractivity contribution in [3.05, 3.63) is 0 Å². The molecule has 2 amide bonds. The van der Waals surface area contributed by atoms with E-state index >= 15 is 0 Å². The molecule has 4 heteroatoms. The van der Waals surface area contributed by atoms with Gasteiger partial charge in [-0.05, 0) is 19.3 Å². The average Bonchev–Trinajstić information content (AvgIpc) is 2.72. The summed E-state index contributed by atoms with van der Waals surface area (Å²) in [5.41, 5.74) is 0. The van der Waals surface area contributed by atoms with Crippen molar-refractivity contribution in [1.29, 1.82) is 0 Å². The van der Waals surface area contributed by atoms with Crippen LogP contribution < -0.4 is 5.32 Å². The van der Waals surface area contributed by atoms with Gasteiger partial charge in [0, 0.05) is 6.04 Å². The van der Waals surface area contributed by atoms with Crippen molar-refractivity contribution in [3.63, 3.8) is 0 Å². The van der Waals surface area contributed by atoms with Crippen molar-refractivity contribution in [1.82, 2.24) is 10.4 Å². The number of amides is 2. The van der Waals surface area contributed by atoms with E-state index in [0.29, 0.717) is 12.6 Å². The Morgan fingerprint density at radius 3 is 2.64 bits per heavy atom. The fourth-order valence-corrected chi connectivity index (χ4v) is 2.10. The monoisotopic (exact) mass is 198 g/mol. The first kappa shape index (κ1) is 9.77. The molecule has 1 aliphatic heterocycles. The molecule has 4 nitrogen and oxygen atoms in total. The predicted octanol–water partition coefficient (Wildman–Crippen LogP) is 1.67. The standard InChI is InChI=1S/C10H18N2O2/c13-10(12-7-4-8-14-12)11-9-5-2-1-3-6-9/h9H,1-8H2,(H,11,13). The molecular formula is C10H18N2O2. The van der Waals surface area contributed by atoms with Crippen molar-refractivity contribution >= 4 is 6.03 Å². The summed E-state index contributed by atoms with van der Waals surface area (Å²) in [4.78, 5) is 16.8. The van der Waals surface area contributed by atoms with Gasteiger partial charge in [0.15, 0.2) is 0 Å². The maximum Gasteiger partial charge on any atom is 0.341 e. The zero-order valence-electron chi connectivity index (χ0n) is 8.50. The summed E-state index contributed by atoms with van der Waals surface area (Å²) in [5.74, 6) is 0. The molecule has 0 aromatic heterocycles. The molecule has 0 aromatic rings. The number of carbonyl (C=O) groups excluding carboxylic acids is 1. The normalized spacial score (nSPS) is 23.9. The Labute approximate surface area is 84.6 Å². The van der Waals surface area contributed by atoms with Crippen LogP contribution in [0.1, 0.15) is 38.5 Å². The molecule has 0 bridgehead atoms. The molecule has 1 aliphatic carbocycles. The summed E-state index contributed by atoms with van der Waals surface area (Å²) in [6, 6.07) is 0.329. The Morgan fingerprint density at radius 2 is 2.00 bits per heavy atom. The third-order valence-electron chi connectivity index (χ3n) is 2.91. The van der Waals surface area contributed by atoms with E-state index in [1.165, 1.54) is 24.3 Å². The molecule has 2 rings (SSSR count). The highest BCUT2D eigenvalue weighted by atomic mass is 16.7. The highest BCUT2D eigenvalue weighted by Crippen LogP contribution is 2.17. The molecule has 1 saturated carbocycles. The van der Waals surface area contributed by atoms with E-state index in [9.17, 15) is 4.79 Å². The minimum absolute atomic E-state index is 0.0469. The van der Waals surface area contributed by atoms with Crippen molar-refractivity contribution in [2.24, 2.45) is 0 Å². The third kappa shape index (κ3) is 2.38. The Balaban J connectivity index is 1.75. The number of carbonyl (C=O) groups is 1. The molecule has 2 aliphatic rings. The van der Waals surface area contributed by atoms with E-state index in [2.05, 4.69) is 5.32 Å². The molecule has 1 heterocycles. The minimum atomic E-state index is -0.0469. The van der Waals surface area contributed by atoms with Gasteiger partial charge in [-0.25, -0.2) is 9.86 Å². The number of rotatable bonds is 1. The van der Waals surface area contributed by atoms with Gasteiger partial charge in [0.25, 0.3) is 0 Å². The Morgan fingerprint density at radius 1 is 1.21 bits per heavy atom. The average molecular weight is 198 g/mol. The number of hydroxylamine groups is 2. The molecule has 0 atom stereocenters. The highest BCUT2D eigenvalue weighted by molar-refractivity contribution is 5.73. The van der Waals surface area contributed by atoms with Gasteiger partial charge in [0.05, 0.1) is 13.2 Å². The van der Waals surface area contributed by atoms with Crippen LogP contribution in [0.25, 0.3) is 0 Å². The summed E-state index contributed by atoms with van der Waals surface area (Å²) in [6.07, 6.45) is 7.00. The number of urea groups is 1. The van der Waals surface area contributed by atoms with Crippen LogP contribution in [0.3, 0.4) is 0 Å². The highest BCUT2D eigenvalue weighted by Gasteiger charge is 2.22. The summed E-state index contributed by atoms with van der Waals surface area (Å²) in [5, 5.41) is 4.48. The second-order valence-electron chi connectivity index (χ2n) is 4.07. The topological polar surface area (TPSA) is 41.6 Å². The van der Waals surface area contributed by atoms with Crippen LogP contribution in [0.2, 0.25) is 0 Å². The quantitative estimate of drug-likeness (QED) is 0.696. The van der Waals surface area contributed by atoms with E-state index < -0.39 is 0 Å². The first-order valence-electron chi connectivity index (χ1n) is 5.57. The zero-order chi connectivity index (χ0) is 9.80. The molecule has 0 aromatic carbocycles. The van der Waals surface area contributed by atoms with Crippen LogP contribution in [-0.2, 0) is 4.84 Å². The molecule has 1 N–H and O–H groups in total. The van der Waals surface area contributed by atoms with Crippen molar-refractivity contribution in [3.8, 4) is 0 Å². The second-order valence-corrected chi connectivity index (χ2v) is 4.07. The largest absolute Gasteiger partial charge is 0.341 e. The molecule has 14 heavy (non-hydrogen) atoms. The summed E-state index contributed by atoms with van der Waals surface area (Å²) >= 11 is 0. The first-order valence-corrected chi connectivity index (χ1v) is 5.57. The van der Waals surface area contributed by atoms with Crippen molar-refractivity contribution < 1.29 is 9.63 Å². The Bertz CT molecular complexity index is 196. The van der Waals surface area contributed by atoms with Crippen LogP contribution in [0, 0.1) is 0 Å². The van der Waals surface area contributed by atoms with Gasteiger partial charge in [0.2, 0.25) is 0 Å². The molecule has 0 radical (unpaired) electrons. The first-order chi connectivity index (χ1) is 6.86. The second kappa shape index (κ2) is 4.64.